The van der Waals surface area contributed by atoms with Crippen molar-refractivity contribution in [3.63, 3.8) is 0 Å². The van der Waals surface area contributed by atoms with E-state index in [9.17, 15) is 4.79 Å². The summed E-state index contributed by atoms with van der Waals surface area (Å²) in [5.74, 6) is 1.77. The van der Waals surface area contributed by atoms with Gasteiger partial charge in [-0.15, -0.1) is 0 Å². The summed E-state index contributed by atoms with van der Waals surface area (Å²) in [4.78, 5) is 17.2. The number of methoxy groups -OCH3 is 2. The molecular formula is C24H32N2O4. The van der Waals surface area contributed by atoms with Crippen LogP contribution in [-0.2, 0) is 16.0 Å². The third kappa shape index (κ3) is 5.52. The predicted molar refractivity (Wildman–Crippen MR) is 117 cm³/mol. The fourth-order valence-electron chi connectivity index (χ4n) is 3.87. The molecule has 30 heavy (non-hydrogen) atoms. The Balaban J connectivity index is 1.72. The van der Waals surface area contributed by atoms with E-state index in [0.717, 1.165) is 48.9 Å². The molecule has 1 amide bonds. The predicted octanol–water partition coefficient (Wildman–Crippen LogP) is 3.09. The number of ether oxygens (including phenoxy) is 3. The Morgan fingerprint density at radius 2 is 1.80 bits per heavy atom. The number of nitrogens with zero attached hydrogens (tertiary/aromatic N) is 2. The molecule has 1 aliphatic heterocycles. The third-order valence-corrected chi connectivity index (χ3v) is 5.67. The average Bonchev–Trinajstić information content (AvgIpc) is 2.78. The Labute approximate surface area is 179 Å². The molecule has 2 aromatic rings. The molecule has 0 aliphatic carbocycles. The van der Waals surface area contributed by atoms with Gasteiger partial charge in [0.15, 0.2) is 0 Å². The van der Waals surface area contributed by atoms with Crippen LogP contribution in [0.15, 0.2) is 42.5 Å². The molecule has 1 saturated heterocycles. The highest BCUT2D eigenvalue weighted by molar-refractivity contribution is 5.78. The van der Waals surface area contributed by atoms with Crippen molar-refractivity contribution >= 4 is 5.91 Å². The Hall–Kier alpha value is -2.57. The maximum atomic E-state index is 13.0. The molecule has 1 atom stereocenters. The molecule has 0 bridgehead atoms. The lowest BCUT2D eigenvalue weighted by atomic mass is 10.0. The molecule has 3 rings (SSSR count). The van der Waals surface area contributed by atoms with Crippen molar-refractivity contribution in [3.8, 4) is 11.5 Å². The van der Waals surface area contributed by atoms with Crippen LogP contribution >= 0.6 is 0 Å². The van der Waals surface area contributed by atoms with E-state index < -0.39 is 0 Å². The van der Waals surface area contributed by atoms with E-state index >= 15 is 0 Å². The van der Waals surface area contributed by atoms with Gasteiger partial charge in [0.05, 0.1) is 39.9 Å². The summed E-state index contributed by atoms with van der Waals surface area (Å²) in [7, 11) is 5.21. The van der Waals surface area contributed by atoms with Crippen molar-refractivity contribution in [1.29, 1.82) is 0 Å². The summed E-state index contributed by atoms with van der Waals surface area (Å²) >= 11 is 0. The highest BCUT2D eigenvalue weighted by atomic mass is 16.5. The molecule has 0 N–H and O–H groups in total. The molecule has 6 nitrogen and oxygen atoms in total. The molecule has 0 radical (unpaired) electrons. The maximum Gasteiger partial charge on any atom is 0.226 e. The average molecular weight is 413 g/mol. The lowest BCUT2D eigenvalue weighted by molar-refractivity contribution is -0.130. The SMILES string of the molecule is COc1ccc(C(CN(C)C(=O)Cc2ccc(OC)c(C)c2)N2CCOCC2)cc1. The van der Waals surface area contributed by atoms with Gasteiger partial charge in [-0.2, -0.15) is 0 Å². The van der Waals surface area contributed by atoms with Gasteiger partial charge in [0.25, 0.3) is 0 Å². The molecule has 0 spiro atoms. The monoisotopic (exact) mass is 412 g/mol. The zero-order chi connectivity index (χ0) is 21.5. The van der Waals surface area contributed by atoms with Crippen molar-refractivity contribution < 1.29 is 19.0 Å². The normalized spacial score (nSPS) is 15.5. The van der Waals surface area contributed by atoms with Crippen molar-refractivity contribution in [2.45, 2.75) is 19.4 Å². The van der Waals surface area contributed by atoms with Crippen LogP contribution in [0.2, 0.25) is 0 Å². The van der Waals surface area contributed by atoms with E-state index in [-0.39, 0.29) is 11.9 Å². The molecule has 162 valence electrons. The fraction of sp³-hybridized carbons (Fsp3) is 0.458. The van der Waals surface area contributed by atoms with E-state index in [2.05, 4.69) is 17.0 Å². The second-order valence-corrected chi connectivity index (χ2v) is 7.69. The Kier molecular flexibility index (Phi) is 7.71. The Morgan fingerprint density at radius 1 is 1.10 bits per heavy atom. The summed E-state index contributed by atoms with van der Waals surface area (Å²) in [6.07, 6.45) is 0.375. The first-order chi connectivity index (χ1) is 14.5. The number of benzene rings is 2. The van der Waals surface area contributed by atoms with Crippen LogP contribution in [0.1, 0.15) is 22.7 Å². The van der Waals surface area contributed by atoms with Gasteiger partial charge in [0.2, 0.25) is 5.91 Å². The van der Waals surface area contributed by atoms with Crippen LogP contribution in [0.3, 0.4) is 0 Å². The number of likely N-dealkylation sites (N-methyl/N-ethyl adjacent to an activating group) is 1. The van der Waals surface area contributed by atoms with Crippen LogP contribution in [0.25, 0.3) is 0 Å². The number of amides is 1. The van der Waals surface area contributed by atoms with Crippen LogP contribution in [0.4, 0.5) is 0 Å². The number of carbonyl (C=O) groups is 1. The molecule has 0 aromatic heterocycles. The highest BCUT2D eigenvalue weighted by Crippen LogP contribution is 2.25. The fourth-order valence-corrected chi connectivity index (χ4v) is 3.87. The molecule has 1 aliphatic rings. The van der Waals surface area contributed by atoms with Gasteiger partial charge in [0.1, 0.15) is 11.5 Å². The van der Waals surface area contributed by atoms with Gasteiger partial charge in [-0.25, -0.2) is 0 Å². The Bertz CT molecular complexity index is 832. The summed E-state index contributed by atoms with van der Waals surface area (Å²) in [5.41, 5.74) is 3.21. The first-order valence-corrected chi connectivity index (χ1v) is 10.3. The molecule has 0 saturated carbocycles. The van der Waals surface area contributed by atoms with Crippen molar-refractivity contribution in [1.82, 2.24) is 9.80 Å². The van der Waals surface area contributed by atoms with E-state index in [1.54, 1.807) is 14.2 Å². The lowest BCUT2D eigenvalue weighted by Gasteiger charge is -2.37. The molecule has 2 aromatic carbocycles. The second kappa shape index (κ2) is 10.5. The molecule has 1 heterocycles. The molecule has 1 fully saturated rings. The molecular weight excluding hydrogens is 380 g/mol. The zero-order valence-corrected chi connectivity index (χ0v) is 18.4. The second-order valence-electron chi connectivity index (χ2n) is 7.69. The van der Waals surface area contributed by atoms with Gasteiger partial charge in [-0.05, 0) is 41.8 Å². The lowest BCUT2D eigenvalue weighted by Crippen LogP contribution is -2.44. The first kappa shape index (κ1) is 22.1. The number of hydrogen-bond acceptors (Lipinski definition) is 5. The van der Waals surface area contributed by atoms with Crippen molar-refractivity contribution in [2.75, 3.05) is 54.1 Å². The largest absolute Gasteiger partial charge is 0.497 e. The van der Waals surface area contributed by atoms with E-state index in [0.29, 0.717) is 13.0 Å². The summed E-state index contributed by atoms with van der Waals surface area (Å²) in [6.45, 7) is 5.77. The van der Waals surface area contributed by atoms with Gasteiger partial charge in [-0.1, -0.05) is 24.3 Å². The maximum absolute atomic E-state index is 13.0. The quantitative estimate of drug-likeness (QED) is 0.667. The topological polar surface area (TPSA) is 51.2 Å². The zero-order valence-electron chi connectivity index (χ0n) is 18.4. The standard InChI is InChI=1S/C24H32N2O4/c1-18-15-19(5-10-23(18)29-4)16-24(27)25(2)17-22(26-11-13-30-14-12-26)20-6-8-21(28-3)9-7-20/h5-10,15,22H,11-14,16-17H2,1-4H3. The van der Waals surface area contributed by atoms with E-state index in [1.807, 2.05) is 49.2 Å². The third-order valence-electron chi connectivity index (χ3n) is 5.67. The number of morpholine rings is 1. The van der Waals surface area contributed by atoms with Gasteiger partial charge in [-0.3, -0.25) is 9.69 Å². The van der Waals surface area contributed by atoms with Crippen molar-refractivity contribution in [2.24, 2.45) is 0 Å². The first-order valence-electron chi connectivity index (χ1n) is 10.3. The van der Waals surface area contributed by atoms with Crippen LogP contribution in [0.5, 0.6) is 11.5 Å². The summed E-state index contributed by atoms with van der Waals surface area (Å²) in [5, 5.41) is 0. The molecule has 1 unspecified atom stereocenters. The van der Waals surface area contributed by atoms with Gasteiger partial charge >= 0.3 is 0 Å². The number of hydrogen-bond donors (Lipinski definition) is 0. The van der Waals surface area contributed by atoms with Crippen molar-refractivity contribution in [3.05, 3.63) is 59.2 Å². The number of carbonyl (C=O) groups excluding carboxylic acids is 1. The minimum atomic E-state index is 0.103. The summed E-state index contributed by atoms with van der Waals surface area (Å²) in [6, 6.07) is 14.1. The van der Waals surface area contributed by atoms with Gasteiger partial charge in [0, 0.05) is 26.7 Å². The van der Waals surface area contributed by atoms with Crippen LogP contribution in [-0.4, -0.2) is 69.8 Å². The highest BCUT2D eigenvalue weighted by Gasteiger charge is 2.25. The van der Waals surface area contributed by atoms with Crippen LogP contribution < -0.4 is 9.47 Å². The minimum absolute atomic E-state index is 0.103. The van der Waals surface area contributed by atoms with E-state index in [4.69, 9.17) is 14.2 Å². The summed E-state index contributed by atoms with van der Waals surface area (Å²) < 4.78 is 16.1. The Morgan fingerprint density at radius 3 is 2.40 bits per heavy atom. The van der Waals surface area contributed by atoms with Gasteiger partial charge < -0.3 is 19.1 Å². The van der Waals surface area contributed by atoms with Crippen LogP contribution in [0, 0.1) is 6.92 Å². The van der Waals surface area contributed by atoms with E-state index in [1.165, 1.54) is 5.56 Å². The minimum Gasteiger partial charge on any atom is -0.497 e. The molecule has 6 heteroatoms. The number of aryl methyl sites for hydroxylation is 1. The number of rotatable bonds is 8. The smallest absolute Gasteiger partial charge is 0.226 e.